The second kappa shape index (κ2) is 6.42. The monoisotopic (exact) mass is 324 g/mol. The fourth-order valence-corrected chi connectivity index (χ4v) is 3.08. The smallest absolute Gasteiger partial charge is 0.321 e. The number of rotatable bonds is 2. The molecule has 0 unspecified atom stereocenters. The lowest BCUT2D eigenvalue weighted by molar-refractivity contribution is 0.186. The molecular formula is C15H21BrN2O. The van der Waals surface area contributed by atoms with Gasteiger partial charge in [-0.2, -0.15) is 0 Å². The Balaban J connectivity index is 1.99. The maximum atomic E-state index is 12.3. The first-order valence-corrected chi connectivity index (χ1v) is 7.67. The lowest BCUT2D eigenvalue weighted by Gasteiger charge is -2.31. The molecule has 1 aliphatic rings. The summed E-state index contributed by atoms with van der Waals surface area (Å²) in [6.45, 7) is 2.00. The molecule has 2 rings (SSSR count). The van der Waals surface area contributed by atoms with E-state index in [0.717, 1.165) is 28.6 Å². The summed E-state index contributed by atoms with van der Waals surface area (Å²) in [5.41, 5.74) is 1.95. The minimum absolute atomic E-state index is 0.00248. The summed E-state index contributed by atoms with van der Waals surface area (Å²) in [6, 6.07) is 6.28. The van der Waals surface area contributed by atoms with Crippen molar-refractivity contribution in [2.75, 3.05) is 12.4 Å². The largest absolute Gasteiger partial charge is 0.325 e. The van der Waals surface area contributed by atoms with Gasteiger partial charge < -0.3 is 10.2 Å². The van der Waals surface area contributed by atoms with Gasteiger partial charge in [-0.3, -0.25) is 0 Å². The van der Waals surface area contributed by atoms with Crippen molar-refractivity contribution < 1.29 is 4.79 Å². The van der Waals surface area contributed by atoms with Gasteiger partial charge in [-0.15, -0.1) is 0 Å². The van der Waals surface area contributed by atoms with E-state index in [9.17, 15) is 4.79 Å². The Bertz CT molecular complexity index is 455. The predicted octanol–water partition coefficient (Wildman–Crippen LogP) is 4.55. The molecule has 0 aliphatic heterocycles. The molecule has 1 aromatic rings. The molecule has 1 saturated carbocycles. The molecule has 0 heterocycles. The molecule has 104 valence electrons. The summed E-state index contributed by atoms with van der Waals surface area (Å²) < 4.78 is 1.03. The first-order chi connectivity index (χ1) is 9.08. The van der Waals surface area contributed by atoms with Crippen molar-refractivity contribution in [1.29, 1.82) is 0 Å². The third kappa shape index (κ3) is 3.72. The van der Waals surface area contributed by atoms with Crippen molar-refractivity contribution in [2.24, 2.45) is 0 Å². The number of aryl methyl sites for hydroxylation is 1. The van der Waals surface area contributed by atoms with E-state index in [1.807, 2.05) is 37.1 Å². The van der Waals surface area contributed by atoms with E-state index in [-0.39, 0.29) is 6.03 Å². The van der Waals surface area contributed by atoms with Gasteiger partial charge >= 0.3 is 6.03 Å². The second-order valence-electron chi connectivity index (χ2n) is 5.29. The van der Waals surface area contributed by atoms with Crippen LogP contribution in [-0.4, -0.2) is 24.0 Å². The SMILES string of the molecule is Cc1cc(Br)ccc1NC(=O)N(C)C1CCCCC1. The highest BCUT2D eigenvalue weighted by molar-refractivity contribution is 9.10. The average Bonchev–Trinajstić information content (AvgIpc) is 2.42. The molecule has 0 bridgehead atoms. The minimum Gasteiger partial charge on any atom is -0.325 e. The highest BCUT2D eigenvalue weighted by Gasteiger charge is 2.22. The van der Waals surface area contributed by atoms with Gasteiger partial charge in [0.25, 0.3) is 0 Å². The fourth-order valence-electron chi connectivity index (χ4n) is 2.60. The van der Waals surface area contributed by atoms with E-state index in [1.165, 1.54) is 19.3 Å². The van der Waals surface area contributed by atoms with Crippen LogP contribution < -0.4 is 5.32 Å². The van der Waals surface area contributed by atoms with Gasteiger partial charge in [0.2, 0.25) is 0 Å². The van der Waals surface area contributed by atoms with E-state index in [2.05, 4.69) is 21.2 Å². The van der Waals surface area contributed by atoms with Crippen LogP contribution in [-0.2, 0) is 0 Å². The zero-order valence-corrected chi connectivity index (χ0v) is 13.2. The van der Waals surface area contributed by atoms with Crippen molar-refractivity contribution in [3.8, 4) is 0 Å². The van der Waals surface area contributed by atoms with E-state index >= 15 is 0 Å². The number of carbonyl (C=O) groups excluding carboxylic acids is 1. The number of hydrogen-bond acceptors (Lipinski definition) is 1. The molecule has 1 aromatic carbocycles. The van der Waals surface area contributed by atoms with Crippen molar-refractivity contribution in [3.05, 3.63) is 28.2 Å². The van der Waals surface area contributed by atoms with E-state index in [1.54, 1.807) is 0 Å². The third-order valence-corrected chi connectivity index (χ3v) is 4.37. The van der Waals surface area contributed by atoms with Crippen LogP contribution in [0.15, 0.2) is 22.7 Å². The van der Waals surface area contributed by atoms with Crippen LogP contribution in [0.5, 0.6) is 0 Å². The highest BCUT2D eigenvalue weighted by Crippen LogP contribution is 2.24. The second-order valence-corrected chi connectivity index (χ2v) is 6.21. The van der Waals surface area contributed by atoms with Crippen molar-refractivity contribution in [3.63, 3.8) is 0 Å². The fraction of sp³-hybridized carbons (Fsp3) is 0.533. The van der Waals surface area contributed by atoms with Crippen molar-refractivity contribution in [2.45, 2.75) is 45.1 Å². The molecule has 0 saturated heterocycles. The van der Waals surface area contributed by atoms with Crippen LogP contribution in [0.25, 0.3) is 0 Å². The molecule has 1 fully saturated rings. The van der Waals surface area contributed by atoms with Crippen molar-refractivity contribution in [1.82, 2.24) is 4.90 Å². The Morgan fingerprint density at radius 2 is 2.00 bits per heavy atom. The molecule has 1 N–H and O–H groups in total. The maximum Gasteiger partial charge on any atom is 0.321 e. The molecule has 0 spiro atoms. The van der Waals surface area contributed by atoms with Gasteiger partial charge in [-0.1, -0.05) is 35.2 Å². The molecule has 0 atom stereocenters. The number of urea groups is 1. The lowest BCUT2D eigenvalue weighted by atomic mass is 9.95. The third-order valence-electron chi connectivity index (χ3n) is 3.87. The predicted molar refractivity (Wildman–Crippen MR) is 82.5 cm³/mol. The molecule has 19 heavy (non-hydrogen) atoms. The van der Waals surface area contributed by atoms with E-state index in [0.29, 0.717) is 6.04 Å². The van der Waals surface area contributed by atoms with Crippen LogP contribution in [0.1, 0.15) is 37.7 Å². The first kappa shape index (κ1) is 14.4. The van der Waals surface area contributed by atoms with Gasteiger partial charge in [-0.05, 0) is 43.5 Å². The zero-order chi connectivity index (χ0) is 13.8. The Morgan fingerprint density at radius 1 is 1.32 bits per heavy atom. The van der Waals surface area contributed by atoms with Crippen LogP contribution in [0, 0.1) is 6.92 Å². The van der Waals surface area contributed by atoms with Crippen LogP contribution in [0.3, 0.4) is 0 Å². The van der Waals surface area contributed by atoms with Crippen LogP contribution in [0.4, 0.5) is 10.5 Å². The Hall–Kier alpha value is -1.03. The summed E-state index contributed by atoms with van der Waals surface area (Å²) in [5, 5.41) is 3.00. The topological polar surface area (TPSA) is 32.3 Å². The number of carbonyl (C=O) groups is 1. The lowest BCUT2D eigenvalue weighted by Crippen LogP contribution is -2.41. The average molecular weight is 325 g/mol. The van der Waals surface area contributed by atoms with E-state index in [4.69, 9.17) is 0 Å². The molecular weight excluding hydrogens is 304 g/mol. The van der Waals surface area contributed by atoms with Gasteiger partial charge in [0.05, 0.1) is 0 Å². The highest BCUT2D eigenvalue weighted by atomic mass is 79.9. The van der Waals surface area contributed by atoms with Crippen molar-refractivity contribution >= 4 is 27.6 Å². The quantitative estimate of drug-likeness (QED) is 0.850. The number of nitrogens with zero attached hydrogens (tertiary/aromatic N) is 1. The molecule has 2 amide bonds. The molecule has 1 aliphatic carbocycles. The maximum absolute atomic E-state index is 12.3. The molecule has 0 aromatic heterocycles. The molecule has 4 heteroatoms. The number of anilines is 1. The summed E-state index contributed by atoms with van der Waals surface area (Å²) in [6.07, 6.45) is 6.03. The molecule has 0 radical (unpaired) electrons. The number of hydrogen-bond donors (Lipinski definition) is 1. The van der Waals surface area contributed by atoms with Crippen LogP contribution >= 0.6 is 15.9 Å². The molecule has 3 nitrogen and oxygen atoms in total. The Morgan fingerprint density at radius 3 is 2.63 bits per heavy atom. The first-order valence-electron chi connectivity index (χ1n) is 6.88. The zero-order valence-electron chi connectivity index (χ0n) is 11.6. The standard InChI is InChI=1S/C15H21BrN2O/c1-11-10-12(16)8-9-14(11)17-15(19)18(2)13-6-4-3-5-7-13/h8-10,13H,3-7H2,1-2H3,(H,17,19). The summed E-state index contributed by atoms with van der Waals surface area (Å²) in [4.78, 5) is 14.1. The summed E-state index contributed by atoms with van der Waals surface area (Å²) >= 11 is 3.43. The number of amides is 2. The normalized spacial score (nSPS) is 16.2. The minimum atomic E-state index is -0.00248. The Kier molecular flexibility index (Phi) is 4.86. The van der Waals surface area contributed by atoms with E-state index < -0.39 is 0 Å². The number of halogens is 1. The number of benzene rings is 1. The van der Waals surface area contributed by atoms with Gasteiger partial charge in [0, 0.05) is 23.2 Å². The summed E-state index contributed by atoms with van der Waals surface area (Å²) in [7, 11) is 1.90. The number of nitrogens with one attached hydrogen (secondary N) is 1. The van der Waals surface area contributed by atoms with Gasteiger partial charge in [-0.25, -0.2) is 4.79 Å². The van der Waals surface area contributed by atoms with Gasteiger partial charge in [0.15, 0.2) is 0 Å². The van der Waals surface area contributed by atoms with Gasteiger partial charge in [0.1, 0.15) is 0 Å². The summed E-state index contributed by atoms with van der Waals surface area (Å²) in [5.74, 6) is 0. The Labute approximate surface area is 123 Å². The van der Waals surface area contributed by atoms with Crippen LogP contribution in [0.2, 0.25) is 0 Å².